The van der Waals surface area contributed by atoms with E-state index in [1.807, 2.05) is 11.8 Å². The van der Waals surface area contributed by atoms with Crippen LogP contribution in [0.15, 0.2) is 0 Å². The quantitative estimate of drug-likeness (QED) is 0.786. The first kappa shape index (κ1) is 17.3. The predicted octanol–water partition coefficient (Wildman–Crippen LogP) is 0.718. The maximum atomic E-state index is 12.9. The summed E-state index contributed by atoms with van der Waals surface area (Å²) in [5, 5.41) is 6.69. The smallest absolute Gasteiger partial charge is 0.239 e. The van der Waals surface area contributed by atoms with Gasteiger partial charge < -0.3 is 15.5 Å². The summed E-state index contributed by atoms with van der Waals surface area (Å²) in [5.41, 5.74) is 0. The lowest BCUT2D eigenvalue weighted by atomic mass is 9.85. The van der Waals surface area contributed by atoms with Gasteiger partial charge in [-0.2, -0.15) is 0 Å². The fourth-order valence-electron chi connectivity index (χ4n) is 4.78. The van der Waals surface area contributed by atoms with Crippen molar-refractivity contribution in [1.29, 1.82) is 0 Å². The van der Waals surface area contributed by atoms with Gasteiger partial charge in [0, 0.05) is 38.3 Å². The number of hydrogen-bond acceptors (Lipinski definition) is 4. The molecule has 4 unspecified atom stereocenters. The van der Waals surface area contributed by atoms with Crippen LogP contribution in [0.4, 0.5) is 0 Å². The first-order valence-corrected chi connectivity index (χ1v) is 10.2. The number of rotatable bonds is 4. The third-order valence-corrected chi connectivity index (χ3v) is 6.64. The van der Waals surface area contributed by atoms with Crippen molar-refractivity contribution < 1.29 is 9.59 Å². The van der Waals surface area contributed by atoms with E-state index in [1.165, 1.54) is 25.7 Å². The lowest BCUT2D eigenvalue weighted by Gasteiger charge is -2.38. The molecule has 4 fully saturated rings. The van der Waals surface area contributed by atoms with Crippen LogP contribution in [-0.2, 0) is 9.59 Å². The van der Waals surface area contributed by atoms with Crippen LogP contribution < -0.4 is 10.6 Å². The topological polar surface area (TPSA) is 64.7 Å². The maximum absolute atomic E-state index is 12.9. The molecular formula is C19H32N4O2. The first-order valence-electron chi connectivity index (χ1n) is 10.2. The largest absolute Gasteiger partial charge is 0.352 e. The molecule has 2 heterocycles. The fraction of sp³-hybridized carbons (Fsp3) is 0.895. The van der Waals surface area contributed by atoms with Gasteiger partial charge in [0.15, 0.2) is 0 Å². The maximum Gasteiger partial charge on any atom is 0.239 e. The van der Waals surface area contributed by atoms with Crippen LogP contribution in [0.1, 0.15) is 51.9 Å². The number of nitrogens with one attached hydrogen (secondary N) is 2. The molecule has 6 heteroatoms. The van der Waals surface area contributed by atoms with E-state index in [9.17, 15) is 9.59 Å². The Balaban J connectivity index is 1.25. The number of fused-ring (bicyclic) bond motifs is 1. The molecule has 0 radical (unpaired) electrons. The number of carbonyl (C=O) groups excluding carboxylic acids is 2. The Morgan fingerprint density at radius 2 is 1.76 bits per heavy atom. The minimum absolute atomic E-state index is 0.0234. The molecule has 4 atom stereocenters. The van der Waals surface area contributed by atoms with Gasteiger partial charge in [0.05, 0.1) is 12.1 Å². The van der Waals surface area contributed by atoms with Crippen molar-refractivity contribution in [2.45, 2.75) is 76.0 Å². The van der Waals surface area contributed by atoms with Crippen LogP contribution in [0.3, 0.4) is 0 Å². The number of amides is 2. The summed E-state index contributed by atoms with van der Waals surface area (Å²) in [5.74, 6) is 1.13. The van der Waals surface area contributed by atoms with Crippen molar-refractivity contribution in [3.63, 3.8) is 0 Å². The molecular weight excluding hydrogens is 316 g/mol. The van der Waals surface area contributed by atoms with Gasteiger partial charge >= 0.3 is 0 Å². The molecule has 2 amide bonds. The van der Waals surface area contributed by atoms with Crippen molar-refractivity contribution in [3.05, 3.63) is 0 Å². The van der Waals surface area contributed by atoms with Gasteiger partial charge in [-0.05, 0) is 44.9 Å². The third-order valence-electron chi connectivity index (χ3n) is 6.64. The highest BCUT2D eigenvalue weighted by Crippen LogP contribution is 2.33. The second-order valence-corrected chi connectivity index (χ2v) is 8.43. The molecule has 4 aliphatic rings. The average Bonchev–Trinajstić information content (AvgIpc) is 3.35. The van der Waals surface area contributed by atoms with Gasteiger partial charge in [0.25, 0.3) is 0 Å². The number of nitrogens with zero attached hydrogens (tertiary/aromatic N) is 2. The first-order chi connectivity index (χ1) is 12.1. The van der Waals surface area contributed by atoms with Gasteiger partial charge in [0.2, 0.25) is 11.8 Å². The van der Waals surface area contributed by atoms with Gasteiger partial charge in [0.1, 0.15) is 0 Å². The zero-order chi connectivity index (χ0) is 17.4. The molecule has 2 aliphatic carbocycles. The van der Waals surface area contributed by atoms with E-state index in [2.05, 4.69) is 15.5 Å². The van der Waals surface area contributed by atoms with Crippen LogP contribution in [0.5, 0.6) is 0 Å². The highest BCUT2D eigenvalue weighted by molar-refractivity contribution is 5.83. The van der Waals surface area contributed by atoms with Crippen LogP contribution in [0.25, 0.3) is 0 Å². The van der Waals surface area contributed by atoms with Crippen LogP contribution >= 0.6 is 0 Å². The molecule has 25 heavy (non-hydrogen) atoms. The molecule has 0 spiro atoms. The lowest BCUT2D eigenvalue weighted by molar-refractivity contribution is -0.136. The minimum atomic E-state index is -0.0923. The Labute approximate surface area is 150 Å². The lowest BCUT2D eigenvalue weighted by Crippen LogP contribution is -2.57. The fourth-order valence-corrected chi connectivity index (χ4v) is 4.78. The molecule has 6 nitrogen and oxygen atoms in total. The van der Waals surface area contributed by atoms with Crippen molar-refractivity contribution in [3.8, 4) is 0 Å². The average molecular weight is 348 g/mol. The number of carbonyl (C=O) groups is 2. The molecule has 4 rings (SSSR count). The Hall–Kier alpha value is -1.14. The van der Waals surface area contributed by atoms with Crippen molar-refractivity contribution in [2.75, 3.05) is 26.2 Å². The zero-order valence-electron chi connectivity index (χ0n) is 15.4. The molecule has 140 valence electrons. The van der Waals surface area contributed by atoms with Crippen LogP contribution in [0, 0.1) is 5.92 Å². The summed E-state index contributed by atoms with van der Waals surface area (Å²) in [7, 11) is 0. The normalized spacial score (nSPS) is 34.4. The van der Waals surface area contributed by atoms with Gasteiger partial charge in [-0.15, -0.1) is 0 Å². The van der Waals surface area contributed by atoms with Crippen LogP contribution in [0.2, 0.25) is 0 Å². The predicted molar refractivity (Wildman–Crippen MR) is 96.1 cm³/mol. The summed E-state index contributed by atoms with van der Waals surface area (Å²) in [6.07, 6.45) is 8.40. The second-order valence-electron chi connectivity index (χ2n) is 8.43. The Morgan fingerprint density at radius 1 is 1.04 bits per heavy atom. The third kappa shape index (κ3) is 3.85. The van der Waals surface area contributed by atoms with Crippen molar-refractivity contribution in [2.24, 2.45) is 5.92 Å². The van der Waals surface area contributed by atoms with Crippen molar-refractivity contribution in [1.82, 2.24) is 20.4 Å². The van der Waals surface area contributed by atoms with Crippen molar-refractivity contribution >= 4 is 11.8 Å². The van der Waals surface area contributed by atoms with E-state index in [-0.39, 0.29) is 23.9 Å². The molecule has 0 bridgehead atoms. The summed E-state index contributed by atoms with van der Waals surface area (Å²) in [6, 6.07) is 0.908. The highest BCUT2D eigenvalue weighted by atomic mass is 16.2. The monoisotopic (exact) mass is 348 g/mol. The molecule has 0 aromatic rings. The van der Waals surface area contributed by atoms with E-state index in [4.69, 9.17) is 0 Å². The molecule has 0 aromatic heterocycles. The summed E-state index contributed by atoms with van der Waals surface area (Å²) >= 11 is 0. The minimum Gasteiger partial charge on any atom is -0.352 e. The van der Waals surface area contributed by atoms with Gasteiger partial charge in [-0.25, -0.2) is 0 Å². The van der Waals surface area contributed by atoms with Gasteiger partial charge in [-0.3, -0.25) is 14.5 Å². The summed E-state index contributed by atoms with van der Waals surface area (Å²) in [6.45, 7) is 5.06. The van der Waals surface area contributed by atoms with Crippen LogP contribution in [-0.4, -0.2) is 72.0 Å². The molecule has 2 N–H and O–H groups in total. The summed E-state index contributed by atoms with van der Waals surface area (Å²) < 4.78 is 0. The Morgan fingerprint density at radius 3 is 2.44 bits per heavy atom. The SMILES string of the molecule is CC(C(=O)NC1CC1)N1CCN(C(=O)C2CC3CCCCC3N2)CC1. The van der Waals surface area contributed by atoms with E-state index in [0.29, 0.717) is 18.0 Å². The molecule has 2 saturated heterocycles. The summed E-state index contributed by atoms with van der Waals surface area (Å²) in [4.78, 5) is 29.3. The molecule has 2 saturated carbocycles. The number of hydrogen-bond donors (Lipinski definition) is 2. The second kappa shape index (κ2) is 7.23. The standard InChI is InChI=1S/C19H32N4O2/c1-13(18(24)20-15-6-7-15)22-8-10-23(11-9-22)19(25)17-12-14-4-2-3-5-16(14)21-17/h13-17,21H,2-12H2,1H3,(H,20,24). The van der Waals surface area contributed by atoms with E-state index >= 15 is 0 Å². The Bertz CT molecular complexity index is 500. The van der Waals surface area contributed by atoms with E-state index in [0.717, 1.165) is 45.4 Å². The Kier molecular flexibility index (Phi) is 5.00. The van der Waals surface area contributed by atoms with E-state index < -0.39 is 0 Å². The molecule has 0 aromatic carbocycles. The molecule has 2 aliphatic heterocycles. The highest BCUT2D eigenvalue weighted by Gasteiger charge is 2.40. The zero-order valence-corrected chi connectivity index (χ0v) is 15.4. The van der Waals surface area contributed by atoms with Gasteiger partial charge in [-0.1, -0.05) is 12.8 Å². The van der Waals surface area contributed by atoms with E-state index in [1.54, 1.807) is 0 Å². The number of piperazine rings is 1.